The van der Waals surface area contributed by atoms with Gasteiger partial charge in [0.15, 0.2) is 0 Å². The van der Waals surface area contributed by atoms with Crippen molar-refractivity contribution in [1.82, 2.24) is 4.90 Å². The van der Waals surface area contributed by atoms with Crippen LogP contribution in [-0.4, -0.2) is 30.1 Å². The minimum atomic E-state index is 0.414. The maximum Gasteiger partial charge on any atom is 0.0170 e. The fraction of sp³-hybridized carbons (Fsp3) is 1.00. The molecular formula is C13H26N2. The first-order valence-corrected chi connectivity index (χ1v) is 6.46. The second-order valence-corrected chi connectivity index (χ2v) is 6.62. The lowest BCUT2D eigenvalue weighted by atomic mass is 9.90. The lowest BCUT2D eigenvalue weighted by Gasteiger charge is -2.39. The predicted molar refractivity (Wildman–Crippen MR) is 64.7 cm³/mol. The van der Waals surface area contributed by atoms with E-state index >= 15 is 0 Å². The third-order valence-electron chi connectivity index (χ3n) is 4.18. The topological polar surface area (TPSA) is 29.3 Å². The molecular weight excluding hydrogens is 184 g/mol. The smallest absolute Gasteiger partial charge is 0.0170 e. The zero-order chi connectivity index (χ0) is 11.1. The molecule has 3 atom stereocenters. The van der Waals surface area contributed by atoms with Crippen LogP contribution in [0.1, 0.15) is 46.5 Å². The third-order valence-corrected chi connectivity index (χ3v) is 4.18. The molecule has 1 aliphatic heterocycles. The van der Waals surface area contributed by atoms with Gasteiger partial charge in [-0.15, -0.1) is 0 Å². The number of likely N-dealkylation sites (tertiary alicyclic amines) is 1. The first kappa shape index (κ1) is 11.4. The van der Waals surface area contributed by atoms with E-state index in [1.807, 2.05) is 0 Å². The van der Waals surface area contributed by atoms with E-state index in [0.29, 0.717) is 11.5 Å². The number of rotatable bonds is 1. The maximum absolute atomic E-state index is 6.11. The molecule has 1 heterocycles. The van der Waals surface area contributed by atoms with Crippen LogP contribution < -0.4 is 5.73 Å². The number of hydrogen-bond donors (Lipinski definition) is 1. The van der Waals surface area contributed by atoms with Crippen molar-refractivity contribution in [2.45, 2.75) is 58.5 Å². The first-order valence-electron chi connectivity index (χ1n) is 6.46. The average molecular weight is 210 g/mol. The molecule has 1 saturated heterocycles. The average Bonchev–Trinajstić information content (AvgIpc) is 2.44. The van der Waals surface area contributed by atoms with E-state index < -0.39 is 0 Å². The summed E-state index contributed by atoms with van der Waals surface area (Å²) in [5.74, 6) is 0.789. The van der Waals surface area contributed by atoms with Gasteiger partial charge in [-0.2, -0.15) is 0 Å². The minimum absolute atomic E-state index is 0.414. The second kappa shape index (κ2) is 4.06. The number of hydrogen-bond acceptors (Lipinski definition) is 2. The summed E-state index contributed by atoms with van der Waals surface area (Å²) in [5.41, 5.74) is 6.67. The van der Waals surface area contributed by atoms with Crippen molar-refractivity contribution in [2.24, 2.45) is 17.1 Å². The largest absolute Gasteiger partial charge is 0.327 e. The molecule has 1 aliphatic carbocycles. The summed E-state index contributed by atoms with van der Waals surface area (Å²) in [6, 6.07) is 1.23. The van der Waals surface area contributed by atoms with Crippen LogP contribution in [0.3, 0.4) is 0 Å². The van der Waals surface area contributed by atoms with Gasteiger partial charge in [0.25, 0.3) is 0 Å². The fourth-order valence-electron chi connectivity index (χ4n) is 3.45. The molecule has 1 saturated carbocycles. The molecule has 0 amide bonds. The lowest BCUT2D eigenvalue weighted by molar-refractivity contribution is 0.111. The molecule has 0 aromatic carbocycles. The summed E-state index contributed by atoms with van der Waals surface area (Å²) < 4.78 is 0. The van der Waals surface area contributed by atoms with Crippen LogP contribution in [0, 0.1) is 11.3 Å². The van der Waals surface area contributed by atoms with Crippen molar-refractivity contribution >= 4 is 0 Å². The Morgan fingerprint density at radius 2 is 2.00 bits per heavy atom. The highest BCUT2D eigenvalue weighted by Crippen LogP contribution is 2.40. The van der Waals surface area contributed by atoms with Crippen LogP contribution in [-0.2, 0) is 0 Å². The molecule has 0 radical (unpaired) electrons. The summed E-state index contributed by atoms with van der Waals surface area (Å²) in [6.07, 6.45) is 5.35. The molecule has 0 bridgehead atoms. The summed E-state index contributed by atoms with van der Waals surface area (Å²) in [4.78, 5) is 2.66. The van der Waals surface area contributed by atoms with Crippen molar-refractivity contribution in [3.8, 4) is 0 Å². The van der Waals surface area contributed by atoms with Gasteiger partial charge in [0.1, 0.15) is 0 Å². The van der Waals surface area contributed by atoms with Gasteiger partial charge >= 0.3 is 0 Å². The lowest BCUT2D eigenvalue weighted by Crippen LogP contribution is -2.50. The van der Waals surface area contributed by atoms with Crippen LogP contribution in [0.15, 0.2) is 0 Å². The van der Waals surface area contributed by atoms with Gasteiger partial charge in [0.2, 0.25) is 0 Å². The number of piperidine rings is 1. The fourth-order valence-corrected chi connectivity index (χ4v) is 3.45. The molecule has 2 fully saturated rings. The number of nitrogens with zero attached hydrogens (tertiary/aromatic N) is 1. The third kappa shape index (κ3) is 2.73. The van der Waals surface area contributed by atoms with Crippen molar-refractivity contribution < 1.29 is 0 Å². The molecule has 2 N–H and O–H groups in total. The number of nitrogens with two attached hydrogens (primary N) is 1. The van der Waals surface area contributed by atoms with Crippen LogP contribution in [0.5, 0.6) is 0 Å². The van der Waals surface area contributed by atoms with E-state index in [-0.39, 0.29) is 0 Å². The quantitative estimate of drug-likeness (QED) is 0.719. The Balaban J connectivity index is 1.93. The van der Waals surface area contributed by atoms with Gasteiger partial charge in [0.05, 0.1) is 0 Å². The van der Waals surface area contributed by atoms with Gasteiger partial charge in [-0.3, -0.25) is 4.90 Å². The Kier molecular flexibility index (Phi) is 3.09. The highest BCUT2D eigenvalue weighted by Gasteiger charge is 2.36. The van der Waals surface area contributed by atoms with Crippen LogP contribution in [0.25, 0.3) is 0 Å². The van der Waals surface area contributed by atoms with E-state index in [1.165, 1.54) is 32.2 Å². The summed E-state index contributed by atoms with van der Waals surface area (Å²) in [7, 11) is 0. The normalized spacial score (nSPS) is 42.0. The van der Waals surface area contributed by atoms with Crippen molar-refractivity contribution in [3.05, 3.63) is 0 Å². The minimum Gasteiger partial charge on any atom is -0.327 e. The molecule has 0 spiro atoms. The van der Waals surface area contributed by atoms with Crippen LogP contribution in [0.2, 0.25) is 0 Å². The van der Waals surface area contributed by atoms with Crippen molar-refractivity contribution in [3.63, 3.8) is 0 Å². The SMILES string of the molecule is CC1CC(N)CN(C2CCC(C)(C)C2)C1. The highest BCUT2D eigenvalue weighted by molar-refractivity contribution is 4.91. The van der Waals surface area contributed by atoms with E-state index in [2.05, 4.69) is 25.7 Å². The molecule has 2 aliphatic rings. The van der Waals surface area contributed by atoms with E-state index in [0.717, 1.165) is 18.5 Å². The summed E-state index contributed by atoms with van der Waals surface area (Å²) >= 11 is 0. The van der Waals surface area contributed by atoms with Crippen LogP contribution in [0.4, 0.5) is 0 Å². The highest BCUT2D eigenvalue weighted by atomic mass is 15.2. The summed E-state index contributed by atoms with van der Waals surface area (Å²) in [5, 5.41) is 0. The van der Waals surface area contributed by atoms with Crippen molar-refractivity contribution in [1.29, 1.82) is 0 Å². The standard InChI is InChI=1S/C13H26N2/c1-10-6-11(14)9-15(8-10)12-4-5-13(2,3)7-12/h10-12H,4-9,14H2,1-3H3. The Morgan fingerprint density at radius 1 is 1.27 bits per heavy atom. The molecule has 88 valence electrons. The monoisotopic (exact) mass is 210 g/mol. The Bertz CT molecular complexity index is 215. The zero-order valence-electron chi connectivity index (χ0n) is 10.5. The van der Waals surface area contributed by atoms with E-state index in [4.69, 9.17) is 5.73 Å². The molecule has 15 heavy (non-hydrogen) atoms. The molecule has 3 unspecified atom stereocenters. The zero-order valence-corrected chi connectivity index (χ0v) is 10.5. The Hall–Kier alpha value is -0.0800. The van der Waals surface area contributed by atoms with Gasteiger partial charge in [-0.05, 0) is 37.0 Å². The molecule has 2 nitrogen and oxygen atoms in total. The van der Waals surface area contributed by atoms with Crippen molar-refractivity contribution in [2.75, 3.05) is 13.1 Å². The van der Waals surface area contributed by atoms with E-state index in [1.54, 1.807) is 0 Å². The molecule has 0 aromatic rings. The molecule has 2 rings (SSSR count). The van der Waals surface area contributed by atoms with Gasteiger partial charge in [-0.1, -0.05) is 20.8 Å². The summed E-state index contributed by atoms with van der Waals surface area (Å²) in [6.45, 7) is 9.55. The van der Waals surface area contributed by atoms with Crippen LogP contribution >= 0.6 is 0 Å². The maximum atomic E-state index is 6.11. The Morgan fingerprint density at radius 3 is 2.53 bits per heavy atom. The molecule has 2 heteroatoms. The first-order chi connectivity index (χ1) is 6.96. The molecule has 0 aromatic heterocycles. The van der Waals surface area contributed by atoms with Gasteiger partial charge < -0.3 is 5.73 Å². The predicted octanol–water partition coefficient (Wildman–Crippen LogP) is 2.23. The van der Waals surface area contributed by atoms with Gasteiger partial charge in [-0.25, -0.2) is 0 Å². The second-order valence-electron chi connectivity index (χ2n) is 6.62. The van der Waals surface area contributed by atoms with Gasteiger partial charge in [0, 0.05) is 25.2 Å². The Labute approximate surface area is 94.2 Å². The van der Waals surface area contributed by atoms with E-state index in [9.17, 15) is 0 Å².